The molecule has 0 radical (unpaired) electrons. The molecule has 18 heavy (non-hydrogen) atoms. The summed E-state index contributed by atoms with van der Waals surface area (Å²) in [5.41, 5.74) is 2.30. The summed E-state index contributed by atoms with van der Waals surface area (Å²) < 4.78 is 0. The second-order valence-electron chi connectivity index (χ2n) is 4.27. The van der Waals surface area contributed by atoms with E-state index in [0.29, 0.717) is 10.9 Å². The molecule has 0 aliphatic heterocycles. The number of hydrogen-bond acceptors (Lipinski definition) is 0. The van der Waals surface area contributed by atoms with E-state index < -0.39 is 0 Å². The van der Waals surface area contributed by atoms with Gasteiger partial charge in [-0.15, -0.1) is 0 Å². The van der Waals surface area contributed by atoms with Crippen LogP contribution in [0.15, 0.2) is 48.5 Å². The standard InChI is InChI=1S/C15H13BrCl2/c1-10(11-5-3-2-4-6-11)15(16)13-9-12(17)7-8-14(13)18/h2-10,15H,1H3. The van der Waals surface area contributed by atoms with Crippen LogP contribution >= 0.6 is 39.1 Å². The molecule has 0 bridgehead atoms. The van der Waals surface area contributed by atoms with E-state index in [4.69, 9.17) is 23.2 Å². The molecule has 0 aliphatic carbocycles. The van der Waals surface area contributed by atoms with E-state index in [1.807, 2.05) is 30.3 Å². The molecule has 2 atom stereocenters. The molecule has 2 aromatic rings. The summed E-state index contributed by atoms with van der Waals surface area (Å²) >= 11 is 16.0. The van der Waals surface area contributed by atoms with Gasteiger partial charge < -0.3 is 0 Å². The molecule has 0 N–H and O–H groups in total. The monoisotopic (exact) mass is 342 g/mol. The first-order valence-corrected chi connectivity index (χ1v) is 7.40. The molecule has 2 unspecified atom stereocenters. The molecule has 0 saturated heterocycles. The molecule has 0 spiro atoms. The first kappa shape index (κ1) is 13.9. The molecule has 94 valence electrons. The zero-order chi connectivity index (χ0) is 13.1. The van der Waals surface area contributed by atoms with Gasteiger partial charge in [0, 0.05) is 14.9 Å². The number of benzene rings is 2. The minimum atomic E-state index is 0.145. The Kier molecular flexibility index (Phi) is 4.71. The normalized spacial score (nSPS) is 14.2. The first-order chi connectivity index (χ1) is 8.59. The van der Waals surface area contributed by atoms with Crippen molar-refractivity contribution in [1.82, 2.24) is 0 Å². The zero-order valence-electron chi connectivity index (χ0n) is 9.91. The summed E-state index contributed by atoms with van der Waals surface area (Å²) in [6.45, 7) is 2.17. The highest BCUT2D eigenvalue weighted by Crippen LogP contribution is 2.41. The molecule has 3 heteroatoms. The third kappa shape index (κ3) is 3.09. The van der Waals surface area contributed by atoms with Gasteiger partial charge in [-0.3, -0.25) is 0 Å². The van der Waals surface area contributed by atoms with E-state index in [2.05, 4.69) is 35.0 Å². The van der Waals surface area contributed by atoms with Crippen LogP contribution in [0.5, 0.6) is 0 Å². The Hall–Kier alpha value is -0.500. The average Bonchev–Trinajstić information content (AvgIpc) is 2.41. The van der Waals surface area contributed by atoms with Crippen LogP contribution in [0.1, 0.15) is 28.8 Å². The van der Waals surface area contributed by atoms with E-state index in [1.165, 1.54) is 5.56 Å². The fourth-order valence-corrected chi connectivity index (χ4v) is 3.15. The van der Waals surface area contributed by atoms with E-state index in [1.54, 1.807) is 6.07 Å². The smallest absolute Gasteiger partial charge is 0.0476 e. The third-order valence-electron chi connectivity index (χ3n) is 3.02. The molecular formula is C15H13BrCl2. The van der Waals surface area contributed by atoms with Crippen molar-refractivity contribution in [3.05, 3.63) is 69.7 Å². The van der Waals surface area contributed by atoms with Crippen molar-refractivity contribution < 1.29 is 0 Å². The Labute approximate surface area is 126 Å². The summed E-state index contributed by atoms with van der Waals surface area (Å²) in [5, 5.41) is 1.45. The maximum Gasteiger partial charge on any atom is 0.0476 e. The topological polar surface area (TPSA) is 0 Å². The summed E-state index contributed by atoms with van der Waals surface area (Å²) in [7, 11) is 0. The van der Waals surface area contributed by atoms with Crippen LogP contribution in [0.25, 0.3) is 0 Å². The predicted molar refractivity (Wildman–Crippen MR) is 83.0 cm³/mol. The first-order valence-electron chi connectivity index (χ1n) is 5.73. The lowest BCUT2D eigenvalue weighted by Crippen LogP contribution is -2.02. The number of halogens is 3. The summed E-state index contributed by atoms with van der Waals surface area (Å²) in [4.78, 5) is 0.145. The lowest BCUT2D eigenvalue weighted by molar-refractivity contribution is 0.752. The molecule has 0 amide bonds. The maximum atomic E-state index is 6.23. The maximum absolute atomic E-state index is 6.23. The summed E-state index contributed by atoms with van der Waals surface area (Å²) in [6.07, 6.45) is 0. The number of hydrogen-bond donors (Lipinski definition) is 0. The quantitative estimate of drug-likeness (QED) is 0.579. The Bertz CT molecular complexity index is 525. The minimum absolute atomic E-state index is 0.145. The lowest BCUT2D eigenvalue weighted by atomic mass is 9.93. The molecule has 0 saturated carbocycles. The van der Waals surface area contributed by atoms with Gasteiger partial charge in [0.05, 0.1) is 0 Å². The molecular weight excluding hydrogens is 331 g/mol. The molecule has 2 rings (SSSR count). The Morgan fingerprint density at radius 3 is 2.33 bits per heavy atom. The Balaban J connectivity index is 2.31. The second-order valence-corrected chi connectivity index (χ2v) is 6.10. The number of alkyl halides is 1. The van der Waals surface area contributed by atoms with Crippen molar-refractivity contribution in [2.45, 2.75) is 17.7 Å². The van der Waals surface area contributed by atoms with Crippen molar-refractivity contribution in [3.63, 3.8) is 0 Å². The number of rotatable bonds is 3. The van der Waals surface area contributed by atoms with Crippen molar-refractivity contribution in [3.8, 4) is 0 Å². The summed E-state index contributed by atoms with van der Waals surface area (Å²) in [6, 6.07) is 15.9. The minimum Gasteiger partial charge on any atom is -0.0843 e. The predicted octanol–water partition coefficient (Wildman–Crippen LogP) is 6.23. The van der Waals surface area contributed by atoms with E-state index >= 15 is 0 Å². The van der Waals surface area contributed by atoms with Crippen LogP contribution in [-0.2, 0) is 0 Å². The van der Waals surface area contributed by atoms with Crippen LogP contribution in [0, 0.1) is 0 Å². The summed E-state index contributed by atoms with van der Waals surface area (Å²) in [5.74, 6) is 0.321. The third-order valence-corrected chi connectivity index (χ3v) is 4.89. The van der Waals surface area contributed by atoms with Gasteiger partial charge >= 0.3 is 0 Å². The van der Waals surface area contributed by atoms with Gasteiger partial charge in [0.25, 0.3) is 0 Å². The molecule has 0 nitrogen and oxygen atoms in total. The van der Waals surface area contributed by atoms with E-state index in [0.717, 1.165) is 10.6 Å². The highest BCUT2D eigenvalue weighted by Gasteiger charge is 2.20. The van der Waals surface area contributed by atoms with Gasteiger partial charge in [0.2, 0.25) is 0 Å². The molecule has 0 heterocycles. The highest BCUT2D eigenvalue weighted by atomic mass is 79.9. The largest absolute Gasteiger partial charge is 0.0843 e. The fourth-order valence-electron chi connectivity index (χ4n) is 1.92. The fraction of sp³-hybridized carbons (Fsp3) is 0.200. The van der Waals surface area contributed by atoms with E-state index in [9.17, 15) is 0 Å². The van der Waals surface area contributed by atoms with Crippen molar-refractivity contribution in [2.75, 3.05) is 0 Å². The lowest BCUT2D eigenvalue weighted by Gasteiger charge is -2.20. The van der Waals surface area contributed by atoms with Gasteiger partial charge in [-0.2, -0.15) is 0 Å². The van der Waals surface area contributed by atoms with Gasteiger partial charge in [-0.25, -0.2) is 0 Å². The van der Waals surface area contributed by atoms with Crippen molar-refractivity contribution in [2.24, 2.45) is 0 Å². The molecule has 0 aliphatic rings. The Morgan fingerprint density at radius 2 is 1.67 bits per heavy atom. The molecule has 2 aromatic carbocycles. The average molecular weight is 344 g/mol. The van der Waals surface area contributed by atoms with Crippen molar-refractivity contribution >= 4 is 39.1 Å². The van der Waals surface area contributed by atoms with Gasteiger partial charge in [0.15, 0.2) is 0 Å². The van der Waals surface area contributed by atoms with Crippen LogP contribution < -0.4 is 0 Å². The second kappa shape index (κ2) is 6.10. The molecule has 0 aromatic heterocycles. The zero-order valence-corrected chi connectivity index (χ0v) is 13.0. The van der Waals surface area contributed by atoms with Crippen LogP contribution in [0.3, 0.4) is 0 Å². The van der Waals surface area contributed by atoms with Gasteiger partial charge in [0.1, 0.15) is 0 Å². The highest BCUT2D eigenvalue weighted by molar-refractivity contribution is 9.09. The SMILES string of the molecule is CC(c1ccccc1)C(Br)c1cc(Cl)ccc1Cl. The van der Waals surface area contributed by atoms with Gasteiger partial charge in [-0.1, -0.05) is 76.4 Å². The molecule has 0 fully saturated rings. The van der Waals surface area contributed by atoms with Crippen molar-refractivity contribution in [1.29, 1.82) is 0 Å². The Morgan fingerprint density at radius 1 is 1.00 bits per heavy atom. The van der Waals surface area contributed by atoms with Crippen LogP contribution in [-0.4, -0.2) is 0 Å². The van der Waals surface area contributed by atoms with E-state index in [-0.39, 0.29) is 4.83 Å². The van der Waals surface area contributed by atoms with Crippen LogP contribution in [0.4, 0.5) is 0 Å². The van der Waals surface area contributed by atoms with Gasteiger partial charge in [-0.05, 0) is 35.2 Å². The van der Waals surface area contributed by atoms with Crippen LogP contribution in [0.2, 0.25) is 10.0 Å².